The van der Waals surface area contributed by atoms with Crippen LogP contribution in [0.3, 0.4) is 0 Å². The van der Waals surface area contributed by atoms with Crippen molar-refractivity contribution in [1.29, 1.82) is 0 Å². The Balaban J connectivity index is 2.48. The molecule has 0 aliphatic heterocycles. The molecule has 1 aromatic heterocycles. The van der Waals surface area contributed by atoms with E-state index in [9.17, 15) is 0 Å². The van der Waals surface area contributed by atoms with Crippen molar-refractivity contribution in [3.8, 4) is 0 Å². The molecule has 0 atom stereocenters. The number of nitrogens with one attached hydrogen (secondary N) is 1. The van der Waals surface area contributed by atoms with Crippen LogP contribution in [0.25, 0.3) is 0 Å². The van der Waals surface area contributed by atoms with Gasteiger partial charge in [-0.1, -0.05) is 6.92 Å². The molecule has 1 aliphatic rings. The molecule has 0 unspecified atom stereocenters. The van der Waals surface area contributed by atoms with Gasteiger partial charge in [0.05, 0.1) is 9.26 Å². The molecule has 2 rings (SSSR count). The van der Waals surface area contributed by atoms with Gasteiger partial charge in [-0.05, 0) is 61.6 Å². The van der Waals surface area contributed by atoms with Crippen LogP contribution in [0.5, 0.6) is 0 Å². The Morgan fingerprint density at radius 2 is 1.95 bits per heavy atom. The van der Waals surface area contributed by atoms with Crippen molar-refractivity contribution in [3.05, 3.63) is 15.1 Å². The van der Waals surface area contributed by atoms with Gasteiger partial charge in [-0.25, -0.2) is 9.97 Å². The summed E-state index contributed by atoms with van der Waals surface area (Å²) in [5.41, 5.74) is 0.857. The van der Waals surface area contributed by atoms with E-state index in [4.69, 9.17) is 14.7 Å². The Bertz CT molecular complexity index is 419. The molecule has 0 bridgehead atoms. The third kappa shape index (κ3) is 2.86. The SMILES string of the molecule is CCOC1(c2nc(CC)c(I)c(NC)n2)CCCC1. The Morgan fingerprint density at radius 3 is 2.47 bits per heavy atom. The van der Waals surface area contributed by atoms with Gasteiger partial charge in [-0.3, -0.25) is 0 Å². The monoisotopic (exact) mass is 375 g/mol. The Hall–Kier alpha value is -0.430. The van der Waals surface area contributed by atoms with Crippen molar-refractivity contribution >= 4 is 28.4 Å². The highest BCUT2D eigenvalue weighted by Gasteiger charge is 2.39. The van der Waals surface area contributed by atoms with Gasteiger partial charge in [0.2, 0.25) is 0 Å². The lowest BCUT2D eigenvalue weighted by molar-refractivity contribution is -0.0457. The van der Waals surface area contributed by atoms with Crippen LogP contribution in [0.4, 0.5) is 5.82 Å². The van der Waals surface area contributed by atoms with Crippen molar-refractivity contribution in [1.82, 2.24) is 9.97 Å². The fraction of sp³-hybridized carbons (Fsp3) is 0.714. The molecule has 0 spiro atoms. The van der Waals surface area contributed by atoms with Crippen LogP contribution in [0.2, 0.25) is 0 Å². The van der Waals surface area contributed by atoms with Crippen LogP contribution >= 0.6 is 22.6 Å². The second kappa shape index (κ2) is 6.35. The van der Waals surface area contributed by atoms with Crippen molar-refractivity contribution in [2.45, 2.75) is 51.6 Å². The van der Waals surface area contributed by atoms with Gasteiger partial charge in [0.25, 0.3) is 0 Å². The number of hydrogen-bond donors (Lipinski definition) is 1. The van der Waals surface area contributed by atoms with E-state index in [1.165, 1.54) is 12.8 Å². The minimum absolute atomic E-state index is 0.255. The average Bonchev–Trinajstić information content (AvgIpc) is 2.89. The first-order valence-corrected chi connectivity index (χ1v) is 8.13. The molecule has 1 heterocycles. The number of rotatable bonds is 5. The second-order valence-electron chi connectivity index (χ2n) is 4.89. The second-order valence-corrected chi connectivity index (χ2v) is 5.97. The van der Waals surface area contributed by atoms with Gasteiger partial charge in [0.1, 0.15) is 11.4 Å². The zero-order valence-corrected chi connectivity index (χ0v) is 14.1. The topological polar surface area (TPSA) is 47.0 Å². The third-order valence-corrected chi connectivity index (χ3v) is 4.86. The van der Waals surface area contributed by atoms with E-state index in [1.54, 1.807) is 0 Å². The summed E-state index contributed by atoms with van der Waals surface area (Å²) in [6, 6.07) is 0. The number of aromatic nitrogens is 2. The van der Waals surface area contributed by atoms with E-state index >= 15 is 0 Å². The molecule has 4 nitrogen and oxygen atoms in total. The number of ether oxygens (including phenoxy) is 1. The molecule has 1 aromatic rings. The number of hydrogen-bond acceptors (Lipinski definition) is 4. The molecular weight excluding hydrogens is 353 g/mol. The normalized spacial score (nSPS) is 17.7. The summed E-state index contributed by atoms with van der Waals surface area (Å²) in [7, 11) is 1.91. The Labute approximate surface area is 128 Å². The lowest BCUT2D eigenvalue weighted by Gasteiger charge is -2.28. The number of nitrogens with zero attached hydrogens (tertiary/aromatic N) is 2. The summed E-state index contributed by atoms with van der Waals surface area (Å²) in [4.78, 5) is 9.51. The van der Waals surface area contributed by atoms with E-state index < -0.39 is 0 Å². The van der Waals surface area contributed by atoms with Crippen LogP contribution in [0, 0.1) is 3.57 Å². The van der Waals surface area contributed by atoms with E-state index in [1.807, 2.05) is 14.0 Å². The predicted molar refractivity (Wildman–Crippen MR) is 85.4 cm³/mol. The van der Waals surface area contributed by atoms with Gasteiger partial charge in [0, 0.05) is 13.7 Å². The zero-order valence-electron chi connectivity index (χ0n) is 11.9. The molecule has 5 heteroatoms. The van der Waals surface area contributed by atoms with Crippen molar-refractivity contribution in [2.24, 2.45) is 0 Å². The fourth-order valence-corrected chi connectivity index (χ4v) is 3.64. The average molecular weight is 375 g/mol. The Morgan fingerprint density at radius 1 is 1.26 bits per heavy atom. The van der Waals surface area contributed by atoms with Gasteiger partial charge < -0.3 is 10.1 Å². The maximum atomic E-state index is 6.06. The standard InChI is InChI=1S/C14H22IN3O/c1-4-10-11(15)12(16-3)18-13(17-10)14(19-5-2)8-6-7-9-14/h4-9H2,1-3H3,(H,16,17,18). The van der Waals surface area contributed by atoms with E-state index in [0.29, 0.717) is 6.61 Å². The summed E-state index contributed by atoms with van der Waals surface area (Å²) < 4.78 is 7.18. The molecule has 0 radical (unpaired) electrons. The zero-order chi connectivity index (χ0) is 13.9. The molecule has 0 saturated heterocycles. The maximum absolute atomic E-state index is 6.06. The highest BCUT2D eigenvalue weighted by molar-refractivity contribution is 14.1. The van der Waals surface area contributed by atoms with Gasteiger partial charge in [-0.15, -0.1) is 0 Å². The molecule has 19 heavy (non-hydrogen) atoms. The van der Waals surface area contributed by atoms with Crippen molar-refractivity contribution in [3.63, 3.8) is 0 Å². The fourth-order valence-electron chi connectivity index (χ4n) is 2.75. The molecule has 1 aliphatic carbocycles. The van der Waals surface area contributed by atoms with Crippen LogP contribution in [0.1, 0.15) is 51.0 Å². The minimum atomic E-state index is -0.255. The molecule has 0 amide bonds. The van der Waals surface area contributed by atoms with E-state index in [-0.39, 0.29) is 5.60 Å². The van der Waals surface area contributed by atoms with Crippen molar-refractivity contribution in [2.75, 3.05) is 19.0 Å². The lowest BCUT2D eigenvalue weighted by Crippen LogP contribution is -2.30. The molecule has 0 aromatic carbocycles. The minimum Gasteiger partial charge on any atom is -0.372 e. The summed E-state index contributed by atoms with van der Waals surface area (Å²) >= 11 is 2.32. The summed E-state index contributed by atoms with van der Waals surface area (Å²) in [6.45, 7) is 4.90. The molecule has 106 valence electrons. The van der Waals surface area contributed by atoms with E-state index in [0.717, 1.165) is 40.2 Å². The first-order chi connectivity index (χ1) is 9.16. The van der Waals surface area contributed by atoms with Crippen LogP contribution in [-0.2, 0) is 16.8 Å². The molecule has 1 fully saturated rings. The molecule has 1 saturated carbocycles. The lowest BCUT2D eigenvalue weighted by atomic mass is 10.0. The largest absolute Gasteiger partial charge is 0.372 e. The summed E-state index contributed by atoms with van der Waals surface area (Å²) in [5, 5.41) is 3.18. The van der Waals surface area contributed by atoms with E-state index in [2.05, 4.69) is 34.8 Å². The van der Waals surface area contributed by atoms with Crippen LogP contribution in [-0.4, -0.2) is 23.6 Å². The maximum Gasteiger partial charge on any atom is 0.162 e. The van der Waals surface area contributed by atoms with Gasteiger partial charge in [0.15, 0.2) is 5.82 Å². The first kappa shape index (κ1) is 15.0. The number of anilines is 1. The van der Waals surface area contributed by atoms with Gasteiger partial charge >= 0.3 is 0 Å². The van der Waals surface area contributed by atoms with Gasteiger partial charge in [-0.2, -0.15) is 0 Å². The summed E-state index contributed by atoms with van der Waals surface area (Å²) in [6.07, 6.45) is 5.39. The Kier molecular flexibility index (Phi) is 5.00. The molecule has 1 N–H and O–H groups in total. The number of halogens is 1. The predicted octanol–water partition coefficient (Wildman–Crippen LogP) is 3.49. The van der Waals surface area contributed by atoms with Crippen LogP contribution < -0.4 is 5.32 Å². The third-order valence-electron chi connectivity index (χ3n) is 3.73. The highest BCUT2D eigenvalue weighted by Crippen LogP contribution is 2.41. The first-order valence-electron chi connectivity index (χ1n) is 7.05. The van der Waals surface area contributed by atoms with Crippen LogP contribution in [0.15, 0.2) is 0 Å². The summed E-state index contributed by atoms with van der Waals surface area (Å²) in [5.74, 6) is 1.79. The molecular formula is C14H22IN3O. The highest BCUT2D eigenvalue weighted by atomic mass is 127. The number of aryl methyl sites for hydroxylation is 1. The van der Waals surface area contributed by atoms with Crippen molar-refractivity contribution < 1.29 is 4.74 Å². The quantitative estimate of drug-likeness (QED) is 0.801. The smallest absolute Gasteiger partial charge is 0.162 e.